The molecule has 17 heavy (non-hydrogen) atoms. The van der Waals surface area contributed by atoms with E-state index < -0.39 is 0 Å². The second kappa shape index (κ2) is 5.82. The van der Waals surface area contributed by atoms with E-state index in [0.29, 0.717) is 15.7 Å². The van der Waals surface area contributed by atoms with Crippen LogP contribution in [0.2, 0.25) is 10.0 Å². The smallest absolute Gasteiger partial charge is 0.0965 e. The van der Waals surface area contributed by atoms with E-state index in [0.717, 1.165) is 8.66 Å². The SMILES string of the molecule is Clc1cncc(Cl)c1N/N=C/c1ccc(Br)s1. The van der Waals surface area contributed by atoms with Crippen LogP contribution >= 0.6 is 50.5 Å². The van der Waals surface area contributed by atoms with Crippen LogP contribution in [-0.4, -0.2) is 11.2 Å². The third-order valence-corrected chi connectivity index (χ3v) is 3.95. The Morgan fingerprint density at radius 1 is 1.29 bits per heavy atom. The number of halogens is 3. The Labute approximate surface area is 121 Å². The maximum absolute atomic E-state index is 5.93. The summed E-state index contributed by atoms with van der Waals surface area (Å²) in [5.74, 6) is 0. The summed E-state index contributed by atoms with van der Waals surface area (Å²) in [6.07, 6.45) is 4.71. The maximum atomic E-state index is 5.93. The van der Waals surface area contributed by atoms with Crippen molar-refractivity contribution in [1.29, 1.82) is 0 Å². The number of hydrazone groups is 1. The van der Waals surface area contributed by atoms with Crippen molar-refractivity contribution in [2.24, 2.45) is 5.10 Å². The fourth-order valence-electron chi connectivity index (χ4n) is 1.08. The molecule has 2 aromatic rings. The Kier molecular flexibility index (Phi) is 4.39. The van der Waals surface area contributed by atoms with Crippen molar-refractivity contribution in [2.75, 3.05) is 5.43 Å². The molecule has 0 saturated heterocycles. The Morgan fingerprint density at radius 2 is 2.00 bits per heavy atom. The quantitative estimate of drug-likeness (QED) is 0.645. The highest BCUT2D eigenvalue weighted by atomic mass is 79.9. The van der Waals surface area contributed by atoms with Crippen molar-refractivity contribution in [1.82, 2.24) is 4.98 Å². The second-order valence-electron chi connectivity index (χ2n) is 2.99. The van der Waals surface area contributed by atoms with Crippen LogP contribution in [0.3, 0.4) is 0 Å². The number of thiophene rings is 1. The van der Waals surface area contributed by atoms with Crippen LogP contribution in [0.15, 0.2) is 33.4 Å². The Balaban J connectivity index is 2.10. The Bertz CT molecular complexity index is 536. The first-order chi connectivity index (χ1) is 8.16. The molecule has 0 amide bonds. The van der Waals surface area contributed by atoms with Crippen molar-refractivity contribution in [3.05, 3.63) is 43.2 Å². The Hall–Kier alpha value is -0.620. The third-order valence-electron chi connectivity index (χ3n) is 1.82. The molecule has 2 aromatic heterocycles. The van der Waals surface area contributed by atoms with Gasteiger partial charge < -0.3 is 0 Å². The average molecular weight is 351 g/mol. The summed E-state index contributed by atoms with van der Waals surface area (Å²) in [4.78, 5) is 4.87. The molecule has 0 aliphatic carbocycles. The molecule has 2 heterocycles. The number of nitrogens with one attached hydrogen (secondary N) is 1. The van der Waals surface area contributed by atoms with E-state index in [4.69, 9.17) is 23.2 Å². The highest BCUT2D eigenvalue weighted by Crippen LogP contribution is 2.28. The van der Waals surface area contributed by atoms with Crippen LogP contribution in [0.4, 0.5) is 5.69 Å². The van der Waals surface area contributed by atoms with E-state index in [1.165, 1.54) is 12.4 Å². The molecule has 0 aliphatic rings. The minimum Gasteiger partial charge on any atom is -0.275 e. The van der Waals surface area contributed by atoms with Gasteiger partial charge in [-0.05, 0) is 28.1 Å². The number of rotatable bonds is 3. The number of hydrogen-bond acceptors (Lipinski definition) is 4. The van der Waals surface area contributed by atoms with Crippen LogP contribution in [0.25, 0.3) is 0 Å². The maximum Gasteiger partial charge on any atom is 0.0965 e. The van der Waals surface area contributed by atoms with Gasteiger partial charge in [0, 0.05) is 17.3 Å². The molecule has 1 N–H and O–H groups in total. The van der Waals surface area contributed by atoms with Gasteiger partial charge in [-0.15, -0.1) is 11.3 Å². The normalized spacial score (nSPS) is 11.0. The van der Waals surface area contributed by atoms with E-state index in [1.807, 2.05) is 12.1 Å². The Morgan fingerprint density at radius 3 is 2.59 bits per heavy atom. The molecule has 7 heteroatoms. The molecule has 0 atom stereocenters. The summed E-state index contributed by atoms with van der Waals surface area (Å²) in [5, 5.41) is 4.93. The largest absolute Gasteiger partial charge is 0.275 e. The van der Waals surface area contributed by atoms with Gasteiger partial charge in [0.1, 0.15) is 0 Å². The molecule has 2 rings (SSSR count). The van der Waals surface area contributed by atoms with Gasteiger partial charge in [-0.3, -0.25) is 10.4 Å². The first kappa shape index (κ1) is 12.8. The molecule has 0 aliphatic heterocycles. The van der Waals surface area contributed by atoms with E-state index in [2.05, 4.69) is 31.4 Å². The van der Waals surface area contributed by atoms with Gasteiger partial charge >= 0.3 is 0 Å². The number of nitrogens with zero attached hydrogens (tertiary/aromatic N) is 2. The standard InChI is InChI=1S/C10H6BrCl2N3S/c11-9-2-1-6(17-9)3-15-16-10-7(12)4-14-5-8(10)13/h1-5H,(H,14,16)/b15-3+. The topological polar surface area (TPSA) is 37.3 Å². The molecular weight excluding hydrogens is 345 g/mol. The first-order valence-electron chi connectivity index (χ1n) is 4.50. The van der Waals surface area contributed by atoms with Gasteiger partial charge in [-0.2, -0.15) is 5.10 Å². The van der Waals surface area contributed by atoms with Gasteiger partial charge in [-0.1, -0.05) is 23.2 Å². The molecule has 0 spiro atoms. The summed E-state index contributed by atoms with van der Waals surface area (Å²) in [6, 6.07) is 3.91. The predicted octanol–water partition coefficient (Wildman–Crippen LogP) is 4.66. The number of hydrogen-bond donors (Lipinski definition) is 1. The molecule has 3 nitrogen and oxygen atoms in total. The van der Waals surface area contributed by atoms with Gasteiger partial charge in [0.15, 0.2) is 0 Å². The zero-order chi connectivity index (χ0) is 12.3. The summed E-state index contributed by atoms with van der Waals surface area (Å²) >= 11 is 16.8. The van der Waals surface area contributed by atoms with E-state index in [9.17, 15) is 0 Å². The van der Waals surface area contributed by atoms with E-state index in [-0.39, 0.29) is 0 Å². The molecule has 88 valence electrons. The average Bonchev–Trinajstić information content (AvgIpc) is 2.69. The fraction of sp³-hybridized carbons (Fsp3) is 0. The minimum absolute atomic E-state index is 0.432. The van der Waals surface area contributed by atoms with Crippen LogP contribution in [0, 0.1) is 0 Å². The lowest BCUT2D eigenvalue weighted by Crippen LogP contribution is -1.92. The fourth-order valence-corrected chi connectivity index (χ4v) is 2.82. The molecule has 0 bridgehead atoms. The summed E-state index contributed by atoms with van der Waals surface area (Å²) in [5.41, 5.74) is 3.35. The van der Waals surface area contributed by atoms with Crippen molar-refractivity contribution >= 4 is 62.4 Å². The zero-order valence-corrected chi connectivity index (χ0v) is 12.2. The van der Waals surface area contributed by atoms with Crippen molar-refractivity contribution < 1.29 is 0 Å². The molecule has 0 unspecified atom stereocenters. The molecule has 0 aromatic carbocycles. The highest BCUT2D eigenvalue weighted by Gasteiger charge is 2.04. The van der Waals surface area contributed by atoms with E-state index in [1.54, 1.807) is 17.6 Å². The minimum atomic E-state index is 0.432. The lowest BCUT2D eigenvalue weighted by atomic mass is 10.4. The lowest BCUT2D eigenvalue weighted by molar-refractivity contribution is 1.28. The highest BCUT2D eigenvalue weighted by molar-refractivity contribution is 9.11. The number of anilines is 1. The van der Waals surface area contributed by atoms with Gasteiger partial charge in [0.25, 0.3) is 0 Å². The number of pyridine rings is 1. The molecular formula is C10H6BrCl2N3S. The molecule has 0 radical (unpaired) electrons. The molecule has 0 saturated carbocycles. The van der Waals surface area contributed by atoms with Crippen LogP contribution in [-0.2, 0) is 0 Å². The summed E-state index contributed by atoms with van der Waals surface area (Å²) < 4.78 is 1.05. The van der Waals surface area contributed by atoms with Crippen LogP contribution in [0.5, 0.6) is 0 Å². The van der Waals surface area contributed by atoms with Crippen molar-refractivity contribution in [3.8, 4) is 0 Å². The van der Waals surface area contributed by atoms with Crippen molar-refractivity contribution in [2.45, 2.75) is 0 Å². The lowest BCUT2D eigenvalue weighted by Gasteiger charge is -2.03. The monoisotopic (exact) mass is 349 g/mol. The first-order valence-corrected chi connectivity index (χ1v) is 6.87. The van der Waals surface area contributed by atoms with Gasteiger partial charge in [-0.25, -0.2) is 0 Å². The van der Waals surface area contributed by atoms with Gasteiger partial charge in [0.2, 0.25) is 0 Å². The predicted molar refractivity (Wildman–Crippen MR) is 77.5 cm³/mol. The van der Waals surface area contributed by atoms with Crippen LogP contribution < -0.4 is 5.43 Å². The molecule has 0 fully saturated rings. The zero-order valence-electron chi connectivity index (χ0n) is 8.32. The van der Waals surface area contributed by atoms with Crippen molar-refractivity contribution in [3.63, 3.8) is 0 Å². The van der Waals surface area contributed by atoms with E-state index >= 15 is 0 Å². The van der Waals surface area contributed by atoms with Gasteiger partial charge in [0.05, 0.1) is 25.7 Å². The van der Waals surface area contributed by atoms with Crippen LogP contribution in [0.1, 0.15) is 4.88 Å². The number of aromatic nitrogens is 1. The summed E-state index contributed by atoms with van der Waals surface area (Å²) in [6.45, 7) is 0. The summed E-state index contributed by atoms with van der Waals surface area (Å²) in [7, 11) is 0. The third kappa shape index (κ3) is 3.42. The second-order valence-corrected chi connectivity index (χ2v) is 6.30.